The van der Waals surface area contributed by atoms with Gasteiger partial charge in [0.2, 0.25) is 11.4 Å². The van der Waals surface area contributed by atoms with Gasteiger partial charge >= 0.3 is 11.9 Å². The molecule has 0 aliphatic rings. The van der Waals surface area contributed by atoms with Gasteiger partial charge in [0, 0.05) is 20.5 Å². The Kier molecular flexibility index (Phi) is 10.0. The molecule has 7 heteroatoms. The summed E-state index contributed by atoms with van der Waals surface area (Å²) in [5.41, 5.74) is -1.53. The zero-order valence-corrected chi connectivity index (χ0v) is 17.5. The fraction of sp³-hybridized carbons (Fsp3) is 0.650. The summed E-state index contributed by atoms with van der Waals surface area (Å²) in [4.78, 5) is 37.0. The van der Waals surface area contributed by atoms with Gasteiger partial charge in [0.05, 0.1) is 19.3 Å². The van der Waals surface area contributed by atoms with Gasteiger partial charge in [-0.3, -0.25) is 4.79 Å². The summed E-state index contributed by atoms with van der Waals surface area (Å²) in [6.45, 7) is 14.4. The van der Waals surface area contributed by atoms with Gasteiger partial charge < -0.3 is 19.5 Å². The molecule has 0 saturated heterocycles. The third-order valence-electron chi connectivity index (χ3n) is 3.84. The van der Waals surface area contributed by atoms with Crippen molar-refractivity contribution in [2.75, 3.05) is 20.3 Å². The summed E-state index contributed by atoms with van der Waals surface area (Å²) >= 11 is 0. The van der Waals surface area contributed by atoms with E-state index in [9.17, 15) is 14.4 Å². The fourth-order valence-corrected chi connectivity index (χ4v) is 2.77. The van der Waals surface area contributed by atoms with E-state index in [1.54, 1.807) is 33.1 Å². The highest BCUT2D eigenvalue weighted by molar-refractivity contribution is 6.07. The van der Waals surface area contributed by atoms with E-state index in [-0.39, 0.29) is 31.2 Å². The molecule has 27 heavy (non-hydrogen) atoms. The Morgan fingerprint density at radius 1 is 1.07 bits per heavy atom. The highest BCUT2D eigenvalue weighted by atomic mass is 16.6. The molecule has 0 aliphatic heterocycles. The van der Waals surface area contributed by atoms with E-state index in [0.717, 1.165) is 0 Å². The standard InChI is InChI=1S/C20H33NO6/c1-9-15(16(25-8)19(5,6)7)12-13-20(21-14(4)22,17(23)26-10-2)18(24)27-11-3/h9,12,16H,1,10-11,13H2,2-8H3,(H,21,22)/b15-12+/t16-/m1/s1. The van der Waals surface area contributed by atoms with E-state index in [0.29, 0.717) is 5.57 Å². The van der Waals surface area contributed by atoms with Crippen LogP contribution in [0.2, 0.25) is 0 Å². The molecule has 1 atom stereocenters. The second-order valence-electron chi connectivity index (χ2n) is 7.12. The number of nitrogens with one attached hydrogen (secondary N) is 1. The number of carbonyl (C=O) groups is 3. The van der Waals surface area contributed by atoms with Crippen molar-refractivity contribution in [2.45, 2.75) is 59.6 Å². The summed E-state index contributed by atoms with van der Waals surface area (Å²) < 4.78 is 15.7. The van der Waals surface area contributed by atoms with Crippen LogP contribution in [-0.4, -0.2) is 49.8 Å². The number of hydrogen-bond donors (Lipinski definition) is 1. The summed E-state index contributed by atoms with van der Waals surface area (Å²) in [5, 5.41) is 2.43. The molecule has 0 spiro atoms. The normalized spacial score (nSPS) is 13.5. The summed E-state index contributed by atoms with van der Waals surface area (Å²) in [6, 6.07) is 0. The van der Waals surface area contributed by atoms with E-state index in [1.165, 1.54) is 6.92 Å². The molecule has 0 aliphatic carbocycles. The van der Waals surface area contributed by atoms with Gasteiger partial charge in [0.15, 0.2) is 0 Å². The number of methoxy groups -OCH3 is 1. The Labute approximate surface area is 162 Å². The Morgan fingerprint density at radius 3 is 1.85 bits per heavy atom. The molecule has 0 unspecified atom stereocenters. The molecule has 0 bridgehead atoms. The van der Waals surface area contributed by atoms with Crippen LogP contribution >= 0.6 is 0 Å². The number of ether oxygens (including phenoxy) is 3. The molecule has 0 aromatic carbocycles. The lowest BCUT2D eigenvalue weighted by molar-refractivity contribution is -0.167. The molecule has 7 nitrogen and oxygen atoms in total. The van der Waals surface area contributed by atoms with Crippen LogP contribution in [0.4, 0.5) is 0 Å². The number of carbonyl (C=O) groups excluding carboxylic acids is 3. The van der Waals surface area contributed by atoms with Crippen LogP contribution in [0.3, 0.4) is 0 Å². The fourth-order valence-electron chi connectivity index (χ4n) is 2.77. The van der Waals surface area contributed by atoms with Crippen molar-refractivity contribution in [3.8, 4) is 0 Å². The molecule has 1 amide bonds. The SMILES string of the molecule is C=C/C(=C\CC(NC(C)=O)(C(=O)OCC)C(=O)OCC)[C@@H](OC)C(C)(C)C. The Morgan fingerprint density at radius 2 is 1.56 bits per heavy atom. The predicted molar refractivity (Wildman–Crippen MR) is 103 cm³/mol. The highest BCUT2D eigenvalue weighted by Crippen LogP contribution is 2.29. The molecule has 0 aromatic rings. The van der Waals surface area contributed by atoms with E-state index >= 15 is 0 Å². The highest BCUT2D eigenvalue weighted by Gasteiger charge is 2.49. The third-order valence-corrected chi connectivity index (χ3v) is 3.84. The zero-order valence-electron chi connectivity index (χ0n) is 17.5. The van der Waals surface area contributed by atoms with Crippen LogP contribution in [0.25, 0.3) is 0 Å². The largest absolute Gasteiger partial charge is 0.464 e. The van der Waals surface area contributed by atoms with Crippen molar-refractivity contribution in [3.63, 3.8) is 0 Å². The van der Waals surface area contributed by atoms with Crippen molar-refractivity contribution in [1.29, 1.82) is 0 Å². The minimum absolute atomic E-state index is 0.0558. The topological polar surface area (TPSA) is 90.9 Å². The smallest absolute Gasteiger partial charge is 0.344 e. The van der Waals surface area contributed by atoms with Crippen molar-refractivity contribution in [2.24, 2.45) is 5.41 Å². The van der Waals surface area contributed by atoms with Gasteiger partial charge in [-0.15, -0.1) is 0 Å². The molecular formula is C20H33NO6. The first-order valence-electron chi connectivity index (χ1n) is 8.98. The lowest BCUT2D eigenvalue weighted by atomic mass is 9.82. The summed E-state index contributed by atoms with van der Waals surface area (Å²) in [7, 11) is 1.57. The van der Waals surface area contributed by atoms with E-state index < -0.39 is 23.4 Å². The van der Waals surface area contributed by atoms with Crippen LogP contribution in [0.1, 0.15) is 48.0 Å². The lowest BCUT2D eigenvalue weighted by Crippen LogP contribution is -2.61. The average Bonchev–Trinajstić information content (AvgIpc) is 2.55. The van der Waals surface area contributed by atoms with Crippen molar-refractivity contribution in [1.82, 2.24) is 5.32 Å². The maximum atomic E-state index is 12.6. The predicted octanol–water partition coefficient (Wildman–Crippen LogP) is 2.55. The van der Waals surface area contributed by atoms with Crippen LogP contribution in [0.5, 0.6) is 0 Å². The van der Waals surface area contributed by atoms with Gasteiger partial charge in [0.1, 0.15) is 0 Å². The maximum absolute atomic E-state index is 12.6. The molecule has 154 valence electrons. The average molecular weight is 383 g/mol. The molecular weight excluding hydrogens is 350 g/mol. The third kappa shape index (κ3) is 6.82. The van der Waals surface area contributed by atoms with Gasteiger partial charge in [-0.25, -0.2) is 9.59 Å². The van der Waals surface area contributed by atoms with E-state index in [2.05, 4.69) is 11.9 Å². The first-order chi connectivity index (χ1) is 12.5. The van der Waals surface area contributed by atoms with Gasteiger partial charge in [-0.2, -0.15) is 0 Å². The monoisotopic (exact) mass is 383 g/mol. The second kappa shape index (κ2) is 10.9. The van der Waals surface area contributed by atoms with Crippen LogP contribution in [0.15, 0.2) is 24.3 Å². The van der Waals surface area contributed by atoms with Crippen molar-refractivity contribution < 1.29 is 28.6 Å². The molecule has 1 N–H and O–H groups in total. The van der Waals surface area contributed by atoms with Crippen molar-refractivity contribution >= 4 is 17.8 Å². The van der Waals surface area contributed by atoms with Crippen molar-refractivity contribution in [3.05, 3.63) is 24.3 Å². The van der Waals surface area contributed by atoms with Crippen LogP contribution < -0.4 is 5.32 Å². The molecule has 0 rings (SSSR count). The van der Waals surface area contributed by atoms with Crippen LogP contribution in [-0.2, 0) is 28.6 Å². The minimum Gasteiger partial charge on any atom is -0.464 e. The zero-order chi connectivity index (χ0) is 21.3. The number of esters is 2. The first kappa shape index (κ1) is 24.8. The van der Waals surface area contributed by atoms with Gasteiger partial charge in [-0.1, -0.05) is 39.5 Å². The van der Waals surface area contributed by atoms with Gasteiger partial charge in [0.25, 0.3) is 0 Å². The number of rotatable bonds is 10. The number of hydrogen-bond acceptors (Lipinski definition) is 6. The molecule has 0 fully saturated rings. The summed E-state index contributed by atoms with van der Waals surface area (Å²) in [5.74, 6) is -2.30. The second-order valence-corrected chi connectivity index (χ2v) is 7.12. The summed E-state index contributed by atoms with van der Waals surface area (Å²) in [6.07, 6.45) is 2.78. The molecule has 0 saturated carbocycles. The molecule has 0 heterocycles. The molecule has 0 radical (unpaired) electrons. The lowest BCUT2D eigenvalue weighted by Gasteiger charge is -2.32. The van der Waals surface area contributed by atoms with E-state index in [4.69, 9.17) is 14.2 Å². The molecule has 0 aromatic heterocycles. The quantitative estimate of drug-likeness (QED) is 0.354. The number of amides is 1. The maximum Gasteiger partial charge on any atom is 0.344 e. The minimum atomic E-state index is -1.97. The Balaban J connectivity index is 6.18. The van der Waals surface area contributed by atoms with E-state index in [1.807, 2.05) is 20.8 Å². The van der Waals surface area contributed by atoms with Crippen LogP contribution in [0, 0.1) is 5.41 Å². The Bertz CT molecular complexity index is 556. The first-order valence-corrected chi connectivity index (χ1v) is 8.98. The Hall–Kier alpha value is -2.15. The van der Waals surface area contributed by atoms with Gasteiger partial charge in [-0.05, 0) is 24.8 Å².